The van der Waals surface area contributed by atoms with Crippen LogP contribution < -0.4 is 19.1 Å². The SMILES string of the molecule is COc1cc(/C=C/C(=O)N2CCN(c3ccc(-c4ccncc4)nn3)CC2)cc(OC)c1OC. The fourth-order valence-corrected chi connectivity index (χ4v) is 3.80. The number of benzene rings is 1. The Labute approximate surface area is 198 Å². The van der Waals surface area contributed by atoms with Crippen molar-refractivity contribution in [3.05, 3.63) is 60.4 Å². The predicted molar refractivity (Wildman–Crippen MR) is 129 cm³/mol. The molecule has 1 saturated heterocycles. The van der Waals surface area contributed by atoms with Crippen molar-refractivity contribution in [2.75, 3.05) is 52.4 Å². The molecule has 1 aliphatic heterocycles. The van der Waals surface area contributed by atoms with Crippen LogP contribution in [0, 0.1) is 0 Å². The van der Waals surface area contributed by atoms with Crippen molar-refractivity contribution in [3.63, 3.8) is 0 Å². The first kappa shape index (κ1) is 23.0. The van der Waals surface area contributed by atoms with Crippen LogP contribution in [0.15, 0.2) is 54.9 Å². The first-order valence-electron chi connectivity index (χ1n) is 10.9. The molecule has 4 rings (SSSR count). The molecule has 0 atom stereocenters. The summed E-state index contributed by atoms with van der Waals surface area (Å²) in [5.74, 6) is 2.35. The Morgan fingerprint density at radius 2 is 1.56 bits per heavy atom. The molecule has 0 spiro atoms. The van der Waals surface area contributed by atoms with E-state index in [4.69, 9.17) is 14.2 Å². The van der Waals surface area contributed by atoms with Gasteiger partial charge in [-0.15, -0.1) is 10.2 Å². The lowest BCUT2D eigenvalue weighted by Crippen LogP contribution is -2.48. The number of pyridine rings is 1. The summed E-state index contributed by atoms with van der Waals surface area (Å²) >= 11 is 0. The van der Waals surface area contributed by atoms with Gasteiger partial charge in [0.2, 0.25) is 11.7 Å². The van der Waals surface area contributed by atoms with Crippen LogP contribution in [0.25, 0.3) is 17.3 Å². The quantitative estimate of drug-likeness (QED) is 0.496. The molecule has 9 heteroatoms. The lowest BCUT2D eigenvalue weighted by atomic mass is 10.1. The van der Waals surface area contributed by atoms with E-state index in [0.29, 0.717) is 43.4 Å². The molecule has 0 bridgehead atoms. The zero-order chi connectivity index (χ0) is 23.9. The smallest absolute Gasteiger partial charge is 0.246 e. The van der Waals surface area contributed by atoms with E-state index >= 15 is 0 Å². The van der Waals surface area contributed by atoms with Gasteiger partial charge in [0.25, 0.3) is 0 Å². The Hall–Kier alpha value is -4.14. The number of piperazine rings is 1. The summed E-state index contributed by atoms with van der Waals surface area (Å²) in [6.07, 6.45) is 6.79. The molecule has 176 valence electrons. The number of hydrogen-bond donors (Lipinski definition) is 0. The number of carbonyl (C=O) groups excluding carboxylic acids is 1. The molecule has 0 unspecified atom stereocenters. The van der Waals surface area contributed by atoms with Crippen molar-refractivity contribution in [1.29, 1.82) is 0 Å². The van der Waals surface area contributed by atoms with E-state index in [-0.39, 0.29) is 5.91 Å². The van der Waals surface area contributed by atoms with E-state index in [2.05, 4.69) is 20.1 Å². The van der Waals surface area contributed by atoms with E-state index in [1.807, 2.05) is 29.2 Å². The number of methoxy groups -OCH3 is 3. The Kier molecular flexibility index (Phi) is 7.22. The van der Waals surface area contributed by atoms with Crippen molar-refractivity contribution in [2.24, 2.45) is 0 Å². The minimum atomic E-state index is -0.0486. The molecule has 2 aromatic heterocycles. The van der Waals surface area contributed by atoms with Gasteiger partial charge in [-0.2, -0.15) is 0 Å². The topological polar surface area (TPSA) is 89.9 Å². The summed E-state index contributed by atoms with van der Waals surface area (Å²) in [7, 11) is 4.68. The number of aromatic nitrogens is 3. The number of ether oxygens (including phenoxy) is 3. The van der Waals surface area contributed by atoms with Gasteiger partial charge in [0, 0.05) is 50.2 Å². The third-order valence-corrected chi connectivity index (χ3v) is 5.65. The van der Waals surface area contributed by atoms with Crippen molar-refractivity contribution in [3.8, 4) is 28.5 Å². The van der Waals surface area contributed by atoms with E-state index < -0.39 is 0 Å². The number of carbonyl (C=O) groups is 1. The van der Waals surface area contributed by atoms with Crippen molar-refractivity contribution in [1.82, 2.24) is 20.1 Å². The Morgan fingerprint density at radius 3 is 2.12 bits per heavy atom. The maximum Gasteiger partial charge on any atom is 0.246 e. The van der Waals surface area contributed by atoms with Crippen LogP contribution in [0.1, 0.15) is 5.56 Å². The van der Waals surface area contributed by atoms with Crippen molar-refractivity contribution < 1.29 is 19.0 Å². The van der Waals surface area contributed by atoms with Gasteiger partial charge < -0.3 is 24.0 Å². The Balaban J connectivity index is 1.36. The van der Waals surface area contributed by atoms with Gasteiger partial charge in [0.15, 0.2) is 17.3 Å². The van der Waals surface area contributed by atoms with Gasteiger partial charge >= 0.3 is 0 Å². The molecule has 3 aromatic rings. The standard InChI is InChI=1S/C25H27N5O4/c1-32-21-16-18(17-22(33-2)25(21)34-3)4-7-24(31)30-14-12-29(13-15-30)23-6-5-20(27-28-23)19-8-10-26-11-9-19/h4-11,16-17H,12-15H2,1-3H3/b7-4+. The highest BCUT2D eigenvalue weighted by Crippen LogP contribution is 2.38. The van der Waals surface area contributed by atoms with Gasteiger partial charge in [-0.25, -0.2) is 0 Å². The molecule has 0 radical (unpaired) electrons. The number of nitrogens with zero attached hydrogens (tertiary/aromatic N) is 5. The summed E-state index contributed by atoms with van der Waals surface area (Å²) < 4.78 is 16.1. The highest BCUT2D eigenvalue weighted by Gasteiger charge is 2.21. The molecule has 1 aliphatic rings. The molecule has 9 nitrogen and oxygen atoms in total. The van der Waals surface area contributed by atoms with Gasteiger partial charge in [0.1, 0.15) is 0 Å². The third-order valence-electron chi connectivity index (χ3n) is 5.65. The van der Waals surface area contributed by atoms with Crippen LogP contribution in [0.4, 0.5) is 5.82 Å². The molecule has 1 aromatic carbocycles. The average Bonchev–Trinajstić information content (AvgIpc) is 2.91. The van der Waals surface area contributed by atoms with E-state index in [1.165, 1.54) is 0 Å². The fourth-order valence-electron chi connectivity index (χ4n) is 3.80. The zero-order valence-corrected chi connectivity index (χ0v) is 19.5. The van der Waals surface area contributed by atoms with Crippen molar-refractivity contribution >= 4 is 17.8 Å². The maximum absolute atomic E-state index is 12.7. The monoisotopic (exact) mass is 461 g/mol. The molecular weight excluding hydrogens is 434 g/mol. The van der Waals surface area contributed by atoms with Crippen LogP contribution in [0.5, 0.6) is 17.2 Å². The summed E-state index contributed by atoms with van der Waals surface area (Å²) in [5.41, 5.74) is 2.56. The molecular formula is C25H27N5O4. The van der Waals surface area contributed by atoms with Crippen LogP contribution in [-0.2, 0) is 4.79 Å². The first-order chi connectivity index (χ1) is 16.6. The van der Waals surface area contributed by atoms with Crippen LogP contribution >= 0.6 is 0 Å². The highest BCUT2D eigenvalue weighted by atomic mass is 16.5. The van der Waals surface area contributed by atoms with E-state index in [1.54, 1.807) is 58.0 Å². The van der Waals surface area contributed by atoms with Gasteiger partial charge in [-0.3, -0.25) is 9.78 Å². The molecule has 3 heterocycles. The summed E-state index contributed by atoms with van der Waals surface area (Å²) in [5, 5.41) is 8.72. The van der Waals surface area contributed by atoms with Crippen LogP contribution in [0.2, 0.25) is 0 Å². The largest absolute Gasteiger partial charge is 0.493 e. The zero-order valence-electron chi connectivity index (χ0n) is 19.5. The molecule has 0 saturated carbocycles. The van der Waals surface area contributed by atoms with E-state index in [9.17, 15) is 4.79 Å². The number of anilines is 1. The molecule has 1 fully saturated rings. The lowest BCUT2D eigenvalue weighted by molar-refractivity contribution is -0.126. The predicted octanol–water partition coefficient (Wildman–Crippen LogP) is 2.93. The van der Waals surface area contributed by atoms with E-state index in [0.717, 1.165) is 22.6 Å². The second-order valence-corrected chi connectivity index (χ2v) is 7.62. The lowest BCUT2D eigenvalue weighted by Gasteiger charge is -2.34. The second kappa shape index (κ2) is 10.7. The minimum Gasteiger partial charge on any atom is -0.493 e. The number of rotatable bonds is 7. The normalized spacial score (nSPS) is 13.7. The first-order valence-corrected chi connectivity index (χ1v) is 10.9. The number of amides is 1. The molecule has 1 amide bonds. The van der Waals surface area contributed by atoms with Crippen LogP contribution in [-0.4, -0.2) is 73.5 Å². The summed E-state index contributed by atoms with van der Waals surface area (Å²) in [6.45, 7) is 2.58. The molecule has 0 N–H and O–H groups in total. The molecule has 34 heavy (non-hydrogen) atoms. The van der Waals surface area contributed by atoms with Gasteiger partial charge in [-0.05, 0) is 48.0 Å². The Bertz CT molecular complexity index is 1120. The highest BCUT2D eigenvalue weighted by molar-refractivity contribution is 5.92. The van der Waals surface area contributed by atoms with Gasteiger partial charge in [-0.1, -0.05) is 0 Å². The second-order valence-electron chi connectivity index (χ2n) is 7.62. The van der Waals surface area contributed by atoms with Crippen LogP contribution in [0.3, 0.4) is 0 Å². The maximum atomic E-state index is 12.7. The minimum absolute atomic E-state index is 0.0486. The molecule has 0 aliphatic carbocycles. The number of hydrogen-bond acceptors (Lipinski definition) is 8. The van der Waals surface area contributed by atoms with Gasteiger partial charge in [0.05, 0.1) is 27.0 Å². The Morgan fingerprint density at radius 1 is 0.882 bits per heavy atom. The van der Waals surface area contributed by atoms with Crippen molar-refractivity contribution in [2.45, 2.75) is 0 Å². The average molecular weight is 462 g/mol. The fraction of sp³-hybridized carbons (Fsp3) is 0.280. The summed E-state index contributed by atoms with van der Waals surface area (Å²) in [4.78, 5) is 20.7. The third kappa shape index (κ3) is 5.09. The summed E-state index contributed by atoms with van der Waals surface area (Å²) in [6, 6.07) is 11.3.